The predicted octanol–water partition coefficient (Wildman–Crippen LogP) is 2.60. The lowest BCUT2D eigenvalue weighted by molar-refractivity contribution is 0.0634. The molecule has 0 fully saturated rings. The van der Waals surface area contributed by atoms with Gasteiger partial charge in [0.1, 0.15) is 0 Å². The zero-order chi connectivity index (χ0) is 12.2. The van der Waals surface area contributed by atoms with Gasteiger partial charge in [-0.3, -0.25) is 0 Å². The van der Waals surface area contributed by atoms with E-state index in [1.807, 2.05) is 44.2 Å². The molecule has 1 aromatic rings. The van der Waals surface area contributed by atoms with Crippen LogP contribution in [0.5, 0.6) is 0 Å². The first-order chi connectivity index (χ1) is 7.47. The standard InChI is InChI=1S/C14H20O2/c1-11(2)14(3,16)9-8-12-6-4-5-7-13(12)10-15/h4-9,11,15-16H,10H2,1-3H3/b9-8+. The molecule has 0 spiro atoms. The molecule has 0 saturated heterocycles. The summed E-state index contributed by atoms with van der Waals surface area (Å²) in [4.78, 5) is 0. The molecule has 0 aliphatic carbocycles. The van der Waals surface area contributed by atoms with E-state index in [2.05, 4.69) is 0 Å². The molecule has 0 saturated carbocycles. The molecule has 2 nitrogen and oxygen atoms in total. The van der Waals surface area contributed by atoms with Gasteiger partial charge in [0.05, 0.1) is 12.2 Å². The van der Waals surface area contributed by atoms with Crippen molar-refractivity contribution in [3.8, 4) is 0 Å². The Kier molecular flexibility index (Phi) is 4.27. The fourth-order valence-electron chi connectivity index (χ4n) is 1.29. The summed E-state index contributed by atoms with van der Waals surface area (Å²) in [5.74, 6) is 0.157. The van der Waals surface area contributed by atoms with Gasteiger partial charge in [0.15, 0.2) is 0 Å². The first kappa shape index (κ1) is 12.9. The van der Waals surface area contributed by atoms with E-state index in [-0.39, 0.29) is 12.5 Å². The molecule has 0 aliphatic heterocycles. The molecule has 0 aromatic heterocycles. The second kappa shape index (κ2) is 5.28. The van der Waals surface area contributed by atoms with Crippen LogP contribution in [0.25, 0.3) is 6.08 Å². The minimum absolute atomic E-state index is 0.0182. The molecule has 2 heteroatoms. The first-order valence-electron chi connectivity index (χ1n) is 5.57. The highest BCUT2D eigenvalue weighted by Crippen LogP contribution is 2.20. The van der Waals surface area contributed by atoms with Gasteiger partial charge in [-0.05, 0) is 24.0 Å². The van der Waals surface area contributed by atoms with Crippen LogP contribution >= 0.6 is 0 Å². The highest BCUT2D eigenvalue weighted by atomic mass is 16.3. The lowest BCUT2D eigenvalue weighted by atomic mass is 9.91. The predicted molar refractivity (Wildman–Crippen MR) is 66.9 cm³/mol. The number of hydrogen-bond acceptors (Lipinski definition) is 2. The van der Waals surface area contributed by atoms with Gasteiger partial charge in [0.25, 0.3) is 0 Å². The molecule has 0 amide bonds. The van der Waals surface area contributed by atoms with Crippen molar-refractivity contribution in [2.24, 2.45) is 5.92 Å². The summed E-state index contributed by atoms with van der Waals surface area (Å²) >= 11 is 0. The number of rotatable bonds is 4. The molecular weight excluding hydrogens is 200 g/mol. The van der Waals surface area contributed by atoms with E-state index in [1.165, 1.54) is 0 Å². The largest absolute Gasteiger partial charge is 0.392 e. The molecule has 0 bridgehead atoms. The summed E-state index contributed by atoms with van der Waals surface area (Å²) in [5.41, 5.74) is 1.01. The number of hydrogen-bond donors (Lipinski definition) is 2. The molecular formula is C14H20O2. The van der Waals surface area contributed by atoms with Crippen LogP contribution in [0.1, 0.15) is 31.9 Å². The van der Waals surface area contributed by atoms with E-state index in [0.29, 0.717) is 0 Å². The maximum atomic E-state index is 10.1. The van der Waals surface area contributed by atoms with Gasteiger partial charge < -0.3 is 10.2 Å². The summed E-state index contributed by atoms with van der Waals surface area (Å²) in [6, 6.07) is 7.62. The first-order valence-corrected chi connectivity index (χ1v) is 5.57. The Morgan fingerprint density at radius 2 is 1.94 bits per heavy atom. The maximum Gasteiger partial charge on any atom is 0.0825 e. The zero-order valence-electron chi connectivity index (χ0n) is 10.1. The summed E-state index contributed by atoms with van der Waals surface area (Å²) < 4.78 is 0. The molecule has 2 N–H and O–H groups in total. The lowest BCUT2D eigenvalue weighted by Gasteiger charge is -2.23. The van der Waals surface area contributed by atoms with Crippen molar-refractivity contribution < 1.29 is 10.2 Å². The van der Waals surface area contributed by atoms with Gasteiger partial charge >= 0.3 is 0 Å². The van der Waals surface area contributed by atoms with E-state index in [9.17, 15) is 5.11 Å². The van der Waals surface area contributed by atoms with E-state index >= 15 is 0 Å². The topological polar surface area (TPSA) is 40.5 Å². The lowest BCUT2D eigenvalue weighted by Crippen LogP contribution is -2.27. The highest BCUT2D eigenvalue weighted by Gasteiger charge is 2.20. The van der Waals surface area contributed by atoms with Gasteiger partial charge in [-0.15, -0.1) is 0 Å². The van der Waals surface area contributed by atoms with Crippen LogP contribution in [-0.4, -0.2) is 15.8 Å². The third-order valence-corrected chi connectivity index (χ3v) is 2.99. The van der Waals surface area contributed by atoms with E-state index in [1.54, 1.807) is 13.0 Å². The Hall–Kier alpha value is -1.12. The number of aliphatic hydroxyl groups excluding tert-OH is 1. The number of aliphatic hydroxyl groups is 2. The summed E-state index contributed by atoms with van der Waals surface area (Å²) in [6.07, 6.45) is 3.65. The van der Waals surface area contributed by atoms with Gasteiger partial charge in [0, 0.05) is 0 Å². The minimum atomic E-state index is -0.817. The van der Waals surface area contributed by atoms with Crippen molar-refractivity contribution in [3.63, 3.8) is 0 Å². The minimum Gasteiger partial charge on any atom is -0.392 e. The molecule has 0 radical (unpaired) electrons. The molecule has 1 rings (SSSR count). The van der Waals surface area contributed by atoms with Crippen molar-refractivity contribution in [1.82, 2.24) is 0 Å². The van der Waals surface area contributed by atoms with E-state index in [0.717, 1.165) is 11.1 Å². The molecule has 1 unspecified atom stereocenters. The van der Waals surface area contributed by atoms with Crippen LogP contribution in [0.15, 0.2) is 30.3 Å². The molecule has 0 heterocycles. The van der Waals surface area contributed by atoms with Gasteiger partial charge in [-0.1, -0.05) is 50.3 Å². The fraction of sp³-hybridized carbons (Fsp3) is 0.429. The molecule has 88 valence electrons. The Labute approximate surface area is 97.2 Å². The van der Waals surface area contributed by atoms with Gasteiger partial charge in [-0.2, -0.15) is 0 Å². The molecule has 16 heavy (non-hydrogen) atoms. The summed E-state index contributed by atoms with van der Waals surface area (Å²) in [6.45, 7) is 5.75. The second-order valence-corrected chi connectivity index (χ2v) is 4.57. The van der Waals surface area contributed by atoms with Crippen LogP contribution in [0.4, 0.5) is 0 Å². The van der Waals surface area contributed by atoms with Crippen LogP contribution in [-0.2, 0) is 6.61 Å². The van der Waals surface area contributed by atoms with Crippen LogP contribution in [0, 0.1) is 5.92 Å². The Morgan fingerprint density at radius 1 is 1.31 bits per heavy atom. The SMILES string of the molecule is CC(C)C(C)(O)/C=C/c1ccccc1CO. The third kappa shape index (κ3) is 3.19. The van der Waals surface area contributed by atoms with E-state index < -0.39 is 5.60 Å². The average Bonchev–Trinajstić information content (AvgIpc) is 2.26. The Morgan fingerprint density at radius 3 is 2.50 bits per heavy atom. The maximum absolute atomic E-state index is 10.1. The van der Waals surface area contributed by atoms with Crippen molar-refractivity contribution in [1.29, 1.82) is 0 Å². The molecule has 1 atom stereocenters. The van der Waals surface area contributed by atoms with Crippen molar-refractivity contribution in [3.05, 3.63) is 41.5 Å². The normalized spacial score (nSPS) is 15.6. The van der Waals surface area contributed by atoms with Crippen LogP contribution < -0.4 is 0 Å². The smallest absolute Gasteiger partial charge is 0.0825 e. The van der Waals surface area contributed by atoms with Crippen LogP contribution in [0.2, 0.25) is 0 Å². The zero-order valence-corrected chi connectivity index (χ0v) is 10.1. The van der Waals surface area contributed by atoms with Gasteiger partial charge in [-0.25, -0.2) is 0 Å². The van der Waals surface area contributed by atoms with Gasteiger partial charge in [0.2, 0.25) is 0 Å². The van der Waals surface area contributed by atoms with Crippen molar-refractivity contribution >= 4 is 6.08 Å². The molecule has 0 aliphatic rings. The average molecular weight is 220 g/mol. The quantitative estimate of drug-likeness (QED) is 0.818. The second-order valence-electron chi connectivity index (χ2n) is 4.57. The summed E-state index contributed by atoms with van der Waals surface area (Å²) in [5, 5.41) is 19.2. The Balaban J connectivity index is 2.92. The fourth-order valence-corrected chi connectivity index (χ4v) is 1.29. The summed E-state index contributed by atoms with van der Waals surface area (Å²) in [7, 11) is 0. The molecule has 1 aromatic carbocycles. The van der Waals surface area contributed by atoms with Crippen molar-refractivity contribution in [2.75, 3.05) is 0 Å². The Bertz CT molecular complexity index is 365. The number of benzene rings is 1. The highest BCUT2D eigenvalue weighted by molar-refractivity contribution is 5.54. The third-order valence-electron chi connectivity index (χ3n) is 2.99. The monoisotopic (exact) mass is 220 g/mol. The van der Waals surface area contributed by atoms with Crippen molar-refractivity contribution in [2.45, 2.75) is 33.0 Å². The van der Waals surface area contributed by atoms with Crippen LogP contribution in [0.3, 0.4) is 0 Å². The van der Waals surface area contributed by atoms with E-state index in [4.69, 9.17) is 5.11 Å².